The first kappa shape index (κ1) is 15.2. The van der Waals surface area contributed by atoms with Crippen molar-refractivity contribution in [2.75, 3.05) is 33.3 Å². The maximum absolute atomic E-state index is 10.1. The van der Waals surface area contributed by atoms with Crippen LogP contribution in [0.1, 0.15) is 44.9 Å². The van der Waals surface area contributed by atoms with Crippen molar-refractivity contribution in [3.05, 3.63) is 0 Å². The van der Waals surface area contributed by atoms with Gasteiger partial charge in [-0.15, -0.1) is 0 Å². The minimum Gasteiger partial charge on any atom is -0.396 e. The molecule has 2 aliphatic rings. The SMILES string of the molecule is CN(CCCO)C1CCN(C2CCCCC2O)CC1. The molecule has 2 fully saturated rings. The second-order valence-electron chi connectivity index (χ2n) is 6.24. The normalized spacial score (nSPS) is 30.9. The van der Waals surface area contributed by atoms with E-state index >= 15 is 0 Å². The third kappa shape index (κ3) is 4.15. The summed E-state index contributed by atoms with van der Waals surface area (Å²) in [7, 11) is 2.17. The maximum Gasteiger partial charge on any atom is 0.0695 e. The van der Waals surface area contributed by atoms with E-state index in [-0.39, 0.29) is 12.7 Å². The highest BCUT2D eigenvalue weighted by molar-refractivity contribution is 4.87. The smallest absolute Gasteiger partial charge is 0.0695 e. The van der Waals surface area contributed by atoms with Crippen molar-refractivity contribution < 1.29 is 10.2 Å². The minimum absolute atomic E-state index is 0.0996. The molecule has 0 radical (unpaired) electrons. The van der Waals surface area contributed by atoms with Crippen molar-refractivity contribution in [2.24, 2.45) is 0 Å². The van der Waals surface area contributed by atoms with Crippen LogP contribution in [-0.2, 0) is 0 Å². The van der Waals surface area contributed by atoms with Crippen molar-refractivity contribution >= 4 is 0 Å². The molecule has 0 spiro atoms. The lowest BCUT2D eigenvalue weighted by molar-refractivity contribution is -0.00145. The molecule has 0 aromatic carbocycles. The van der Waals surface area contributed by atoms with Gasteiger partial charge in [-0.2, -0.15) is 0 Å². The monoisotopic (exact) mass is 270 g/mol. The first-order chi connectivity index (χ1) is 9.22. The zero-order valence-electron chi connectivity index (χ0n) is 12.3. The average Bonchev–Trinajstić information content (AvgIpc) is 2.45. The van der Waals surface area contributed by atoms with Crippen LogP contribution < -0.4 is 0 Å². The van der Waals surface area contributed by atoms with Crippen LogP contribution in [0.15, 0.2) is 0 Å². The molecule has 4 heteroatoms. The van der Waals surface area contributed by atoms with E-state index in [1.807, 2.05) is 0 Å². The second kappa shape index (κ2) is 7.58. The van der Waals surface area contributed by atoms with Gasteiger partial charge in [0.2, 0.25) is 0 Å². The van der Waals surface area contributed by atoms with Crippen LogP contribution in [0, 0.1) is 0 Å². The Bertz CT molecular complexity index is 255. The second-order valence-corrected chi connectivity index (χ2v) is 6.24. The molecule has 112 valence electrons. The van der Waals surface area contributed by atoms with Gasteiger partial charge < -0.3 is 15.1 Å². The van der Waals surface area contributed by atoms with E-state index in [4.69, 9.17) is 5.11 Å². The largest absolute Gasteiger partial charge is 0.396 e. The highest BCUT2D eigenvalue weighted by Crippen LogP contribution is 2.26. The fourth-order valence-corrected chi connectivity index (χ4v) is 3.68. The van der Waals surface area contributed by atoms with Crippen LogP contribution >= 0.6 is 0 Å². The summed E-state index contributed by atoms with van der Waals surface area (Å²) in [5.41, 5.74) is 0. The number of aliphatic hydroxyl groups is 2. The number of likely N-dealkylation sites (tertiary alicyclic amines) is 1. The summed E-state index contributed by atoms with van der Waals surface area (Å²) in [6, 6.07) is 1.07. The van der Waals surface area contributed by atoms with Crippen LogP contribution in [0.4, 0.5) is 0 Å². The predicted octanol–water partition coefficient (Wildman–Crippen LogP) is 1.07. The zero-order chi connectivity index (χ0) is 13.7. The fourth-order valence-electron chi connectivity index (χ4n) is 3.68. The van der Waals surface area contributed by atoms with Gasteiger partial charge in [0.15, 0.2) is 0 Å². The molecule has 0 aromatic rings. The molecule has 4 nitrogen and oxygen atoms in total. The molecular weight excluding hydrogens is 240 g/mol. The molecule has 2 atom stereocenters. The summed E-state index contributed by atoms with van der Waals surface area (Å²) < 4.78 is 0. The van der Waals surface area contributed by atoms with Crippen LogP contribution in [0.2, 0.25) is 0 Å². The summed E-state index contributed by atoms with van der Waals surface area (Å²) in [6.45, 7) is 3.52. The first-order valence-corrected chi connectivity index (χ1v) is 7.95. The molecule has 0 aromatic heterocycles. The maximum atomic E-state index is 10.1. The molecule has 19 heavy (non-hydrogen) atoms. The van der Waals surface area contributed by atoms with Crippen molar-refractivity contribution in [3.8, 4) is 0 Å². The van der Waals surface area contributed by atoms with Gasteiger partial charge in [0, 0.05) is 38.3 Å². The Labute approximate surface area is 117 Å². The summed E-state index contributed by atoms with van der Waals surface area (Å²) >= 11 is 0. The van der Waals surface area contributed by atoms with Crippen LogP contribution in [0.25, 0.3) is 0 Å². The van der Waals surface area contributed by atoms with E-state index in [1.54, 1.807) is 0 Å². The number of aliphatic hydroxyl groups excluding tert-OH is 2. The molecule has 0 amide bonds. The Morgan fingerprint density at radius 3 is 2.42 bits per heavy atom. The van der Waals surface area contributed by atoms with Crippen molar-refractivity contribution in [2.45, 2.75) is 63.1 Å². The molecule has 2 rings (SSSR count). The van der Waals surface area contributed by atoms with Gasteiger partial charge in [0.1, 0.15) is 0 Å². The van der Waals surface area contributed by atoms with Gasteiger partial charge >= 0.3 is 0 Å². The Balaban J connectivity index is 1.75. The lowest BCUT2D eigenvalue weighted by Gasteiger charge is -2.43. The van der Waals surface area contributed by atoms with E-state index in [1.165, 1.54) is 32.1 Å². The van der Waals surface area contributed by atoms with Gasteiger partial charge in [-0.3, -0.25) is 4.90 Å². The first-order valence-electron chi connectivity index (χ1n) is 7.95. The lowest BCUT2D eigenvalue weighted by Crippen LogP contribution is -2.51. The molecule has 2 unspecified atom stereocenters. The van der Waals surface area contributed by atoms with E-state index in [0.29, 0.717) is 12.1 Å². The Morgan fingerprint density at radius 2 is 1.79 bits per heavy atom. The topological polar surface area (TPSA) is 46.9 Å². The molecule has 1 aliphatic carbocycles. The van der Waals surface area contributed by atoms with Gasteiger partial charge in [-0.1, -0.05) is 12.8 Å². The van der Waals surface area contributed by atoms with E-state index < -0.39 is 0 Å². The van der Waals surface area contributed by atoms with Crippen molar-refractivity contribution in [1.29, 1.82) is 0 Å². The Kier molecular flexibility index (Phi) is 6.07. The summed E-state index contributed by atoms with van der Waals surface area (Å²) in [5, 5.41) is 19.0. The van der Waals surface area contributed by atoms with E-state index in [9.17, 15) is 5.11 Å². The van der Waals surface area contributed by atoms with Gasteiger partial charge in [0.05, 0.1) is 6.10 Å². The Morgan fingerprint density at radius 1 is 1.11 bits per heavy atom. The zero-order valence-corrected chi connectivity index (χ0v) is 12.3. The molecule has 1 heterocycles. The fraction of sp³-hybridized carbons (Fsp3) is 1.00. The van der Waals surface area contributed by atoms with Crippen LogP contribution in [0.5, 0.6) is 0 Å². The van der Waals surface area contributed by atoms with E-state index in [2.05, 4.69) is 16.8 Å². The highest BCUT2D eigenvalue weighted by Gasteiger charge is 2.32. The van der Waals surface area contributed by atoms with E-state index in [0.717, 1.165) is 32.5 Å². The third-order valence-electron chi connectivity index (χ3n) is 4.95. The summed E-state index contributed by atoms with van der Waals surface area (Å²) in [4.78, 5) is 4.91. The van der Waals surface area contributed by atoms with Crippen LogP contribution in [-0.4, -0.2) is 71.5 Å². The predicted molar refractivity (Wildman–Crippen MR) is 77.2 cm³/mol. The number of hydrogen-bond donors (Lipinski definition) is 2. The molecular formula is C15H30N2O2. The number of rotatable bonds is 5. The van der Waals surface area contributed by atoms with Crippen molar-refractivity contribution in [1.82, 2.24) is 9.80 Å². The highest BCUT2D eigenvalue weighted by atomic mass is 16.3. The number of nitrogens with zero attached hydrogens (tertiary/aromatic N) is 2. The molecule has 1 saturated heterocycles. The van der Waals surface area contributed by atoms with Gasteiger partial charge in [0.25, 0.3) is 0 Å². The number of hydrogen-bond acceptors (Lipinski definition) is 4. The van der Waals surface area contributed by atoms with Gasteiger partial charge in [-0.05, 0) is 39.2 Å². The molecule has 0 bridgehead atoms. The Hall–Kier alpha value is -0.160. The molecule has 2 N–H and O–H groups in total. The van der Waals surface area contributed by atoms with Crippen LogP contribution in [0.3, 0.4) is 0 Å². The third-order valence-corrected chi connectivity index (χ3v) is 4.95. The molecule has 1 saturated carbocycles. The average molecular weight is 270 g/mol. The summed E-state index contributed by atoms with van der Waals surface area (Å²) in [6.07, 6.45) is 7.80. The summed E-state index contributed by atoms with van der Waals surface area (Å²) in [5.74, 6) is 0. The standard InChI is InChI=1S/C15H30N2O2/c1-16(9-4-12-18)13-7-10-17(11-8-13)14-5-2-3-6-15(14)19/h13-15,18-19H,2-12H2,1H3. The van der Waals surface area contributed by atoms with Crippen molar-refractivity contribution in [3.63, 3.8) is 0 Å². The molecule has 1 aliphatic heterocycles. The lowest BCUT2D eigenvalue weighted by atomic mass is 9.89. The van der Waals surface area contributed by atoms with Gasteiger partial charge in [-0.25, -0.2) is 0 Å². The number of piperidine rings is 1. The minimum atomic E-state index is -0.0996. The quantitative estimate of drug-likeness (QED) is 0.784.